The van der Waals surface area contributed by atoms with Crippen molar-refractivity contribution >= 4 is 22.6 Å². The van der Waals surface area contributed by atoms with Crippen molar-refractivity contribution in [3.8, 4) is 0 Å². The first-order valence-electron chi connectivity index (χ1n) is 5.90. The maximum Gasteiger partial charge on any atom is 0.279 e. The van der Waals surface area contributed by atoms with E-state index in [1.54, 1.807) is 14.2 Å². The summed E-state index contributed by atoms with van der Waals surface area (Å²) in [6.07, 6.45) is 0.995. The van der Waals surface area contributed by atoms with Gasteiger partial charge in [0.2, 0.25) is 0 Å². The van der Waals surface area contributed by atoms with E-state index in [1.807, 2.05) is 0 Å². The normalized spacial score (nSPS) is 24.9. The molecule has 1 saturated heterocycles. The molecular weight excluding hydrogens is 278 g/mol. The number of halogens is 1. The van der Waals surface area contributed by atoms with Gasteiger partial charge in [0.25, 0.3) is 10.2 Å². The number of nitrogens with zero attached hydrogens (tertiary/aromatic N) is 1. The zero-order valence-electron chi connectivity index (χ0n) is 11.2. The predicted octanol–water partition coefficient (Wildman–Crippen LogP) is -0.181. The third-order valence-electron chi connectivity index (χ3n) is 3.15. The maximum absolute atomic E-state index is 12.0. The van der Waals surface area contributed by atoms with Crippen LogP contribution in [-0.2, 0) is 14.9 Å². The monoisotopic (exact) mass is 301 g/mol. The van der Waals surface area contributed by atoms with Crippen LogP contribution < -0.4 is 10.0 Å². The molecule has 2 atom stereocenters. The second-order valence-electron chi connectivity index (χ2n) is 4.51. The lowest BCUT2D eigenvalue weighted by Crippen LogP contribution is -2.53. The summed E-state index contributed by atoms with van der Waals surface area (Å²) in [6, 6.07) is -0.0289. The fourth-order valence-corrected chi connectivity index (χ4v) is 2.96. The molecule has 0 radical (unpaired) electrons. The van der Waals surface area contributed by atoms with Gasteiger partial charge in [0, 0.05) is 33.3 Å². The molecule has 1 fully saturated rings. The van der Waals surface area contributed by atoms with E-state index in [0.717, 1.165) is 13.0 Å². The Morgan fingerprint density at radius 3 is 2.72 bits per heavy atom. The van der Waals surface area contributed by atoms with Crippen LogP contribution in [0.25, 0.3) is 0 Å². The summed E-state index contributed by atoms with van der Waals surface area (Å²) >= 11 is 0. The number of hydrogen-bond acceptors (Lipinski definition) is 4. The van der Waals surface area contributed by atoms with Gasteiger partial charge in [-0.2, -0.15) is 17.4 Å². The third kappa shape index (κ3) is 5.38. The Morgan fingerprint density at radius 2 is 2.17 bits per heavy atom. The SMILES string of the molecule is COCCN(C)S(=O)(=O)NC1CNCCC1C.Cl. The van der Waals surface area contributed by atoms with Gasteiger partial charge < -0.3 is 10.1 Å². The Morgan fingerprint density at radius 1 is 1.50 bits per heavy atom. The zero-order valence-corrected chi connectivity index (χ0v) is 12.8. The third-order valence-corrected chi connectivity index (χ3v) is 4.75. The van der Waals surface area contributed by atoms with Crippen molar-refractivity contribution in [3.63, 3.8) is 0 Å². The highest BCUT2D eigenvalue weighted by Gasteiger charge is 2.27. The first-order chi connectivity index (χ1) is 7.97. The first-order valence-corrected chi connectivity index (χ1v) is 7.34. The molecular formula is C10H24ClN3O3S. The van der Waals surface area contributed by atoms with Gasteiger partial charge in [-0.1, -0.05) is 6.92 Å². The summed E-state index contributed by atoms with van der Waals surface area (Å²) in [7, 11) is -0.287. The van der Waals surface area contributed by atoms with E-state index in [9.17, 15) is 8.42 Å². The Bertz CT molecular complexity index is 326. The van der Waals surface area contributed by atoms with Crippen LogP contribution in [0.5, 0.6) is 0 Å². The topological polar surface area (TPSA) is 70.7 Å². The van der Waals surface area contributed by atoms with Crippen LogP contribution in [0.3, 0.4) is 0 Å². The molecule has 1 aliphatic heterocycles. The summed E-state index contributed by atoms with van der Waals surface area (Å²) in [4.78, 5) is 0. The second-order valence-corrected chi connectivity index (χ2v) is 6.32. The average Bonchev–Trinajstić information content (AvgIpc) is 2.28. The van der Waals surface area contributed by atoms with Crippen molar-refractivity contribution in [2.75, 3.05) is 40.4 Å². The van der Waals surface area contributed by atoms with Gasteiger partial charge >= 0.3 is 0 Å². The smallest absolute Gasteiger partial charge is 0.279 e. The molecule has 0 aromatic heterocycles. The van der Waals surface area contributed by atoms with Crippen LogP contribution in [0.4, 0.5) is 0 Å². The lowest BCUT2D eigenvalue weighted by Gasteiger charge is -2.31. The van der Waals surface area contributed by atoms with E-state index in [1.165, 1.54) is 4.31 Å². The van der Waals surface area contributed by atoms with Crippen LogP contribution in [0.1, 0.15) is 13.3 Å². The summed E-state index contributed by atoms with van der Waals surface area (Å²) in [6.45, 7) is 4.48. The van der Waals surface area contributed by atoms with E-state index in [-0.39, 0.29) is 18.4 Å². The van der Waals surface area contributed by atoms with Gasteiger partial charge in [0.05, 0.1) is 6.61 Å². The van der Waals surface area contributed by atoms with Crippen molar-refractivity contribution in [2.24, 2.45) is 5.92 Å². The van der Waals surface area contributed by atoms with Gasteiger partial charge in [-0.25, -0.2) is 0 Å². The average molecular weight is 302 g/mol. The summed E-state index contributed by atoms with van der Waals surface area (Å²) < 4.78 is 32.9. The Kier molecular flexibility index (Phi) is 8.33. The zero-order chi connectivity index (χ0) is 12.9. The summed E-state index contributed by atoms with van der Waals surface area (Å²) in [5, 5.41) is 3.20. The molecule has 0 saturated carbocycles. The van der Waals surface area contributed by atoms with Gasteiger partial charge in [-0.3, -0.25) is 0 Å². The van der Waals surface area contributed by atoms with E-state index in [2.05, 4.69) is 17.0 Å². The molecule has 6 nitrogen and oxygen atoms in total. The largest absolute Gasteiger partial charge is 0.383 e. The van der Waals surface area contributed by atoms with Crippen molar-refractivity contribution in [1.82, 2.24) is 14.3 Å². The van der Waals surface area contributed by atoms with Crippen molar-refractivity contribution in [1.29, 1.82) is 0 Å². The van der Waals surface area contributed by atoms with Crippen molar-refractivity contribution in [3.05, 3.63) is 0 Å². The number of likely N-dealkylation sites (N-methyl/N-ethyl adjacent to an activating group) is 1. The minimum absolute atomic E-state index is 0. The van der Waals surface area contributed by atoms with Crippen LogP contribution in [0.2, 0.25) is 0 Å². The highest BCUT2D eigenvalue weighted by Crippen LogP contribution is 2.12. The molecule has 0 aromatic rings. The predicted molar refractivity (Wildman–Crippen MR) is 74.2 cm³/mol. The van der Waals surface area contributed by atoms with Gasteiger partial charge in [0.15, 0.2) is 0 Å². The first kappa shape index (κ1) is 18.1. The van der Waals surface area contributed by atoms with Crippen LogP contribution >= 0.6 is 12.4 Å². The molecule has 1 aliphatic rings. The molecule has 18 heavy (non-hydrogen) atoms. The van der Waals surface area contributed by atoms with E-state index in [4.69, 9.17) is 4.74 Å². The lowest BCUT2D eigenvalue weighted by atomic mass is 9.96. The Hall–Kier alpha value is 0.0800. The highest BCUT2D eigenvalue weighted by atomic mass is 35.5. The highest BCUT2D eigenvalue weighted by molar-refractivity contribution is 7.87. The van der Waals surface area contributed by atoms with Crippen LogP contribution in [0.15, 0.2) is 0 Å². The van der Waals surface area contributed by atoms with Gasteiger partial charge in [0.1, 0.15) is 0 Å². The molecule has 0 spiro atoms. The Balaban J connectivity index is 0.00000289. The molecule has 1 heterocycles. The standard InChI is InChI=1S/C10H23N3O3S.ClH/c1-9-4-5-11-8-10(9)12-17(14,15)13(2)6-7-16-3;/h9-12H,4-8H2,1-3H3;1H. The Labute approximate surface area is 116 Å². The lowest BCUT2D eigenvalue weighted by molar-refractivity contribution is 0.184. The number of piperidine rings is 1. The molecule has 0 bridgehead atoms. The molecule has 110 valence electrons. The van der Waals surface area contributed by atoms with Gasteiger partial charge in [-0.15, -0.1) is 12.4 Å². The molecule has 1 rings (SSSR count). The number of methoxy groups -OCH3 is 1. The van der Waals surface area contributed by atoms with Crippen molar-refractivity contribution < 1.29 is 13.2 Å². The maximum atomic E-state index is 12.0. The quantitative estimate of drug-likeness (QED) is 0.714. The number of rotatable bonds is 6. The van der Waals surface area contributed by atoms with E-state index < -0.39 is 10.2 Å². The summed E-state index contributed by atoms with van der Waals surface area (Å²) in [5.41, 5.74) is 0. The number of nitrogens with one attached hydrogen (secondary N) is 2. The van der Waals surface area contributed by atoms with Crippen molar-refractivity contribution in [2.45, 2.75) is 19.4 Å². The molecule has 8 heteroatoms. The second kappa shape index (κ2) is 8.29. The fraction of sp³-hybridized carbons (Fsp3) is 1.00. The molecule has 0 aliphatic carbocycles. The summed E-state index contributed by atoms with van der Waals surface area (Å²) in [5.74, 6) is 0.363. The molecule has 2 N–H and O–H groups in total. The fourth-order valence-electron chi connectivity index (χ4n) is 1.77. The number of hydrogen-bond donors (Lipinski definition) is 2. The van der Waals surface area contributed by atoms with E-state index in [0.29, 0.717) is 25.6 Å². The van der Waals surface area contributed by atoms with Crippen LogP contribution in [-0.4, -0.2) is 59.2 Å². The molecule has 0 aromatic carbocycles. The molecule has 0 amide bonds. The molecule has 2 unspecified atom stereocenters. The van der Waals surface area contributed by atoms with Crippen LogP contribution in [0, 0.1) is 5.92 Å². The minimum Gasteiger partial charge on any atom is -0.383 e. The minimum atomic E-state index is -3.40. The number of ether oxygens (including phenoxy) is 1. The van der Waals surface area contributed by atoms with Gasteiger partial charge in [-0.05, 0) is 18.9 Å². The van der Waals surface area contributed by atoms with E-state index >= 15 is 0 Å².